The van der Waals surface area contributed by atoms with Gasteiger partial charge in [0.15, 0.2) is 0 Å². The van der Waals surface area contributed by atoms with Crippen LogP contribution >= 0.6 is 45.8 Å². The van der Waals surface area contributed by atoms with Gasteiger partial charge in [-0.1, -0.05) is 29.3 Å². The quantitative estimate of drug-likeness (QED) is 0.690. The number of halogens is 4. The van der Waals surface area contributed by atoms with Crippen LogP contribution < -0.4 is 5.32 Å². The Bertz CT molecular complexity index is 523. The van der Waals surface area contributed by atoms with Crippen LogP contribution in [0, 0.1) is 9.39 Å². The van der Waals surface area contributed by atoms with Crippen LogP contribution in [0.4, 0.5) is 10.1 Å². The van der Waals surface area contributed by atoms with Crippen molar-refractivity contribution in [2.75, 3.05) is 5.32 Å². The molecule has 0 aromatic heterocycles. The van der Waals surface area contributed by atoms with Crippen LogP contribution in [0.1, 0.15) is 5.56 Å². The largest absolute Gasteiger partial charge is 0.380 e. The number of rotatable bonds is 3. The molecule has 2 rings (SSSR count). The summed E-state index contributed by atoms with van der Waals surface area (Å²) in [5.41, 5.74) is 1.66. The van der Waals surface area contributed by atoms with E-state index in [-0.39, 0.29) is 5.82 Å². The lowest BCUT2D eigenvalue weighted by Gasteiger charge is -2.10. The maximum Gasteiger partial charge on any atom is 0.124 e. The van der Waals surface area contributed by atoms with E-state index in [1.807, 2.05) is 18.2 Å². The lowest BCUT2D eigenvalue weighted by atomic mass is 10.2. The second kappa shape index (κ2) is 6.08. The summed E-state index contributed by atoms with van der Waals surface area (Å²) in [7, 11) is 0. The normalized spacial score (nSPS) is 10.4. The topological polar surface area (TPSA) is 12.0 Å². The highest BCUT2D eigenvalue weighted by Crippen LogP contribution is 2.25. The van der Waals surface area contributed by atoms with E-state index in [1.54, 1.807) is 6.07 Å². The molecule has 2 aromatic carbocycles. The van der Waals surface area contributed by atoms with E-state index in [9.17, 15) is 4.39 Å². The summed E-state index contributed by atoms with van der Waals surface area (Å²) in [5.74, 6) is -0.337. The Morgan fingerprint density at radius 3 is 2.50 bits per heavy atom. The van der Waals surface area contributed by atoms with Crippen LogP contribution in [0.3, 0.4) is 0 Å². The molecule has 0 bridgehead atoms. The van der Waals surface area contributed by atoms with Gasteiger partial charge in [-0.2, -0.15) is 0 Å². The maximum absolute atomic E-state index is 12.9. The van der Waals surface area contributed by atoms with E-state index < -0.39 is 0 Å². The van der Waals surface area contributed by atoms with Crippen LogP contribution in [0.15, 0.2) is 36.4 Å². The number of hydrogen-bond acceptors (Lipinski definition) is 1. The van der Waals surface area contributed by atoms with Crippen molar-refractivity contribution >= 4 is 51.5 Å². The van der Waals surface area contributed by atoms with Crippen molar-refractivity contribution in [3.8, 4) is 0 Å². The van der Waals surface area contributed by atoms with Crippen molar-refractivity contribution in [3.05, 3.63) is 61.4 Å². The zero-order chi connectivity index (χ0) is 13.1. The van der Waals surface area contributed by atoms with E-state index in [4.69, 9.17) is 23.2 Å². The number of anilines is 1. The summed E-state index contributed by atoms with van der Waals surface area (Å²) in [6.07, 6.45) is 0. The Hall–Kier alpha value is -0.520. The summed E-state index contributed by atoms with van der Waals surface area (Å²) in [4.78, 5) is 0. The predicted octanol–water partition coefficient (Wildman–Crippen LogP) is 5.35. The van der Waals surface area contributed by atoms with Crippen molar-refractivity contribution < 1.29 is 4.39 Å². The molecule has 0 amide bonds. The second-order valence-electron chi connectivity index (χ2n) is 3.71. The van der Waals surface area contributed by atoms with E-state index >= 15 is 0 Å². The fraction of sp³-hybridized carbons (Fsp3) is 0.0769. The molecule has 5 heteroatoms. The zero-order valence-corrected chi connectivity index (χ0v) is 12.9. The monoisotopic (exact) mass is 395 g/mol. The van der Waals surface area contributed by atoms with Crippen LogP contribution in [0.5, 0.6) is 0 Å². The minimum Gasteiger partial charge on any atom is -0.380 e. The molecule has 0 aliphatic carbocycles. The summed E-state index contributed by atoms with van der Waals surface area (Å²) >= 11 is 14.2. The third kappa shape index (κ3) is 3.49. The van der Waals surface area contributed by atoms with Crippen LogP contribution in [0.2, 0.25) is 10.0 Å². The SMILES string of the molecule is Fc1ccc(CNc2ccc(I)cc2Cl)c(Cl)c1. The molecular weight excluding hydrogens is 387 g/mol. The van der Waals surface area contributed by atoms with Crippen LogP contribution in [-0.4, -0.2) is 0 Å². The van der Waals surface area contributed by atoms with Crippen LogP contribution in [-0.2, 0) is 6.54 Å². The van der Waals surface area contributed by atoms with Gasteiger partial charge in [-0.05, 0) is 58.5 Å². The second-order valence-corrected chi connectivity index (χ2v) is 5.77. The lowest BCUT2D eigenvalue weighted by molar-refractivity contribution is 0.627. The van der Waals surface area contributed by atoms with Gasteiger partial charge in [0, 0.05) is 15.1 Å². The van der Waals surface area contributed by atoms with Gasteiger partial charge in [-0.3, -0.25) is 0 Å². The number of hydrogen-bond donors (Lipinski definition) is 1. The lowest BCUT2D eigenvalue weighted by Crippen LogP contribution is -2.01. The van der Waals surface area contributed by atoms with Crippen molar-refractivity contribution in [1.82, 2.24) is 0 Å². The van der Waals surface area contributed by atoms with E-state index in [0.29, 0.717) is 16.6 Å². The van der Waals surface area contributed by atoms with Crippen LogP contribution in [0.25, 0.3) is 0 Å². The molecule has 18 heavy (non-hydrogen) atoms. The summed E-state index contributed by atoms with van der Waals surface area (Å²) in [6.45, 7) is 0.499. The summed E-state index contributed by atoms with van der Waals surface area (Å²) in [6, 6.07) is 10.1. The average molecular weight is 396 g/mol. The molecule has 0 saturated heterocycles. The molecule has 0 unspecified atom stereocenters. The minimum atomic E-state index is -0.337. The summed E-state index contributed by atoms with van der Waals surface area (Å²) in [5, 5.41) is 4.23. The Morgan fingerprint density at radius 1 is 1.06 bits per heavy atom. The third-order valence-corrected chi connectivity index (χ3v) is 3.75. The Kier molecular flexibility index (Phi) is 4.70. The van der Waals surface area contributed by atoms with Gasteiger partial charge in [-0.15, -0.1) is 0 Å². The van der Waals surface area contributed by atoms with Crippen molar-refractivity contribution in [2.45, 2.75) is 6.54 Å². The van der Waals surface area contributed by atoms with E-state index in [2.05, 4.69) is 27.9 Å². The highest BCUT2D eigenvalue weighted by molar-refractivity contribution is 14.1. The fourth-order valence-electron chi connectivity index (χ4n) is 1.49. The van der Waals surface area contributed by atoms with E-state index in [1.165, 1.54) is 12.1 Å². The molecule has 0 saturated carbocycles. The smallest absolute Gasteiger partial charge is 0.124 e. The molecule has 0 spiro atoms. The Labute approximate surface area is 128 Å². The van der Waals surface area contributed by atoms with Gasteiger partial charge in [-0.25, -0.2) is 4.39 Å². The van der Waals surface area contributed by atoms with Gasteiger partial charge in [0.2, 0.25) is 0 Å². The fourth-order valence-corrected chi connectivity index (χ4v) is 2.65. The molecule has 2 aromatic rings. The molecule has 0 aliphatic heterocycles. The highest BCUT2D eigenvalue weighted by atomic mass is 127. The van der Waals surface area contributed by atoms with Crippen molar-refractivity contribution in [3.63, 3.8) is 0 Å². The number of benzene rings is 2. The van der Waals surface area contributed by atoms with Crippen molar-refractivity contribution in [1.29, 1.82) is 0 Å². The first-order chi connectivity index (χ1) is 8.56. The molecule has 0 atom stereocenters. The standard InChI is InChI=1S/C13H9Cl2FIN/c14-11-5-9(16)2-1-8(11)7-18-13-4-3-10(17)6-12(13)15/h1-6,18H,7H2. The van der Waals surface area contributed by atoms with Crippen molar-refractivity contribution in [2.24, 2.45) is 0 Å². The first kappa shape index (κ1) is 13.9. The Morgan fingerprint density at radius 2 is 1.83 bits per heavy atom. The molecule has 94 valence electrons. The molecule has 0 aliphatic rings. The van der Waals surface area contributed by atoms with Gasteiger partial charge in [0.25, 0.3) is 0 Å². The first-order valence-corrected chi connectivity index (χ1v) is 7.02. The molecule has 1 N–H and O–H groups in total. The third-order valence-electron chi connectivity index (χ3n) is 2.42. The zero-order valence-electron chi connectivity index (χ0n) is 9.18. The van der Waals surface area contributed by atoms with Gasteiger partial charge in [0.1, 0.15) is 5.82 Å². The van der Waals surface area contributed by atoms with Gasteiger partial charge in [0.05, 0.1) is 10.7 Å². The molecule has 0 heterocycles. The molecule has 0 fully saturated rings. The van der Waals surface area contributed by atoms with Gasteiger partial charge >= 0.3 is 0 Å². The average Bonchev–Trinajstić information content (AvgIpc) is 2.30. The maximum atomic E-state index is 12.9. The predicted molar refractivity (Wildman–Crippen MR) is 82.9 cm³/mol. The molecule has 0 radical (unpaired) electrons. The first-order valence-electron chi connectivity index (χ1n) is 5.19. The molecular formula is C13H9Cl2FIN. The van der Waals surface area contributed by atoms with Gasteiger partial charge < -0.3 is 5.32 Å². The van der Waals surface area contributed by atoms with E-state index in [0.717, 1.165) is 14.8 Å². The summed E-state index contributed by atoms with van der Waals surface area (Å²) < 4.78 is 14.0. The highest BCUT2D eigenvalue weighted by Gasteiger charge is 2.04. The molecule has 1 nitrogen and oxygen atoms in total. The minimum absolute atomic E-state index is 0.337. The number of nitrogens with one attached hydrogen (secondary N) is 1. The Balaban J connectivity index is 2.11.